The zero-order valence-corrected chi connectivity index (χ0v) is 16.2. The molecule has 32 heavy (non-hydrogen) atoms. The molecule has 8 N–H and O–H groups in total. The molecular weight excluding hydrogens is 420 g/mol. The van der Waals surface area contributed by atoms with Crippen molar-refractivity contribution >= 4 is 28.3 Å². The van der Waals surface area contributed by atoms with Crippen LogP contribution in [0.1, 0.15) is 10.4 Å². The fourth-order valence-corrected chi connectivity index (χ4v) is 3.16. The van der Waals surface area contributed by atoms with Crippen LogP contribution in [0.25, 0.3) is 22.3 Å². The van der Waals surface area contributed by atoms with Crippen LogP contribution in [0.3, 0.4) is 0 Å². The highest BCUT2D eigenvalue weighted by Gasteiger charge is 2.24. The minimum atomic E-state index is -0.988. The second-order valence-electron chi connectivity index (χ2n) is 6.91. The predicted octanol–water partition coefficient (Wildman–Crippen LogP) is 2.67. The zero-order valence-electron chi connectivity index (χ0n) is 16.2. The molecule has 162 valence electrons. The Morgan fingerprint density at radius 1 is 0.844 bits per heavy atom. The summed E-state index contributed by atoms with van der Waals surface area (Å²) in [5.41, 5.74) is 10.7. The molecule has 0 unspecified atom stereocenters. The van der Waals surface area contributed by atoms with Gasteiger partial charge in [-0.05, 0) is 36.4 Å². The first-order valence-corrected chi connectivity index (χ1v) is 9.07. The first kappa shape index (κ1) is 20.4. The average Bonchev–Trinajstić information content (AvgIpc) is 2.70. The molecule has 3 aromatic carbocycles. The van der Waals surface area contributed by atoms with Crippen molar-refractivity contribution < 1.29 is 34.4 Å². The Balaban J connectivity index is 1.96. The molecule has 1 aromatic heterocycles. The number of aromatic hydroxyl groups is 4. The Labute approximate surface area is 179 Å². The van der Waals surface area contributed by atoms with Gasteiger partial charge in [0.1, 0.15) is 22.5 Å². The zero-order chi connectivity index (χ0) is 23.2. The van der Waals surface area contributed by atoms with E-state index in [2.05, 4.69) is 0 Å². The number of phenols is 4. The molecule has 0 aliphatic carbocycles. The number of carbonyl (C=O) groups is 1. The van der Waals surface area contributed by atoms with Gasteiger partial charge in [-0.3, -0.25) is 4.79 Å². The third-order valence-electron chi connectivity index (χ3n) is 4.56. The molecule has 4 rings (SSSR count). The van der Waals surface area contributed by atoms with Crippen LogP contribution in [-0.4, -0.2) is 26.4 Å². The molecule has 4 aromatic rings. The van der Waals surface area contributed by atoms with Crippen LogP contribution in [0.15, 0.2) is 57.7 Å². The number of phenolic OH excluding ortho intramolecular Hbond substituents is 4. The van der Waals surface area contributed by atoms with Crippen molar-refractivity contribution in [3.8, 4) is 40.1 Å². The number of hydrogen-bond acceptors (Lipinski definition) is 10. The maximum atomic E-state index is 13.2. The molecule has 0 aliphatic rings. The molecule has 1 heterocycles. The molecule has 0 radical (unpaired) electrons. The Kier molecular flexibility index (Phi) is 4.74. The Hall–Kier alpha value is -4.86. The average molecular weight is 436 g/mol. The van der Waals surface area contributed by atoms with E-state index < -0.39 is 34.4 Å². The summed E-state index contributed by atoms with van der Waals surface area (Å²) < 4.78 is 11.0. The summed E-state index contributed by atoms with van der Waals surface area (Å²) in [6.07, 6.45) is 0. The van der Waals surface area contributed by atoms with Gasteiger partial charge in [0.05, 0.1) is 5.56 Å². The molecule has 0 aliphatic heterocycles. The number of nitrogen functional groups attached to an aromatic ring is 2. The Morgan fingerprint density at radius 2 is 1.53 bits per heavy atom. The number of esters is 1. The van der Waals surface area contributed by atoms with Crippen molar-refractivity contribution in [2.45, 2.75) is 0 Å². The highest BCUT2D eigenvalue weighted by Crippen LogP contribution is 2.38. The topological polar surface area (TPSA) is 189 Å². The molecule has 0 saturated heterocycles. The van der Waals surface area contributed by atoms with E-state index in [0.717, 1.165) is 24.3 Å². The van der Waals surface area contributed by atoms with Crippen LogP contribution in [0.2, 0.25) is 0 Å². The minimum absolute atomic E-state index is 0.0450. The van der Waals surface area contributed by atoms with E-state index in [0.29, 0.717) is 0 Å². The maximum Gasteiger partial charge on any atom is 0.343 e. The van der Waals surface area contributed by atoms with E-state index in [4.69, 9.17) is 20.6 Å². The van der Waals surface area contributed by atoms with Crippen LogP contribution < -0.4 is 21.6 Å². The lowest BCUT2D eigenvalue weighted by atomic mass is 10.1. The van der Waals surface area contributed by atoms with Crippen LogP contribution in [0.5, 0.6) is 28.7 Å². The maximum absolute atomic E-state index is 13.2. The van der Waals surface area contributed by atoms with Crippen LogP contribution >= 0.6 is 0 Å². The van der Waals surface area contributed by atoms with Crippen LogP contribution in [0, 0.1) is 0 Å². The molecule has 0 amide bonds. The predicted molar refractivity (Wildman–Crippen MR) is 115 cm³/mol. The largest absolute Gasteiger partial charge is 0.508 e. The van der Waals surface area contributed by atoms with E-state index in [1.165, 1.54) is 24.3 Å². The number of anilines is 2. The third kappa shape index (κ3) is 3.56. The summed E-state index contributed by atoms with van der Waals surface area (Å²) in [7, 11) is 0. The van der Waals surface area contributed by atoms with Gasteiger partial charge in [-0.2, -0.15) is 0 Å². The molecule has 0 atom stereocenters. The van der Waals surface area contributed by atoms with E-state index in [1.807, 2.05) is 0 Å². The first-order chi connectivity index (χ1) is 15.1. The van der Waals surface area contributed by atoms with Crippen LogP contribution in [-0.2, 0) is 0 Å². The molecule has 0 saturated carbocycles. The van der Waals surface area contributed by atoms with Crippen LogP contribution in [0.4, 0.5) is 11.4 Å². The van der Waals surface area contributed by atoms with Crippen molar-refractivity contribution in [1.29, 1.82) is 0 Å². The lowest BCUT2D eigenvalue weighted by Crippen LogP contribution is -2.17. The van der Waals surface area contributed by atoms with Gasteiger partial charge in [-0.15, -0.1) is 0 Å². The Bertz CT molecular complexity index is 1440. The fourth-order valence-electron chi connectivity index (χ4n) is 3.16. The first-order valence-electron chi connectivity index (χ1n) is 9.07. The summed E-state index contributed by atoms with van der Waals surface area (Å²) in [4.78, 5) is 25.9. The quantitative estimate of drug-likeness (QED) is 0.158. The van der Waals surface area contributed by atoms with Gasteiger partial charge in [0.15, 0.2) is 17.3 Å². The van der Waals surface area contributed by atoms with Crippen molar-refractivity contribution in [2.24, 2.45) is 0 Å². The second kappa shape index (κ2) is 7.43. The fraction of sp³-hybridized carbons (Fsp3) is 0. The van der Waals surface area contributed by atoms with Gasteiger partial charge in [0.2, 0.25) is 11.2 Å². The molecule has 10 heteroatoms. The lowest BCUT2D eigenvalue weighted by Gasteiger charge is -2.12. The molecule has 0 fully saturated rings. The van der Waals surface area contributed by atoms with E-state index >= 15 is 0 Å². The number of benzene rings is 3. The van der Waals surface area contributed by atoms with Crippen molar-refractivity contribution in [2.75, 3.05) is 11.5 Å². The molecule has 10 nitrogen and oxygen atoms in total. The van der Waals surface area contributed by atoms with Gasteiger partial charge in [0, 0.05) is 29.1 Å². The molecule has 0 spiro atoms. The highest BCUT2D eigenvalue weighted by molar-refractivity contribution is 5.95. The van der Waals surface area contributed by atoms with E-state index in [1.54, 1.807) is 0 Å². The smallest absolute Gasteiger partial charge is 0.343 e. The molecular formula is C22H16N2O8. The summed E-state index contributed by atoms with van der Waals surface area (Å²) in [6, 6.07) is 9.55. The number of hydrogen-bond donors (Lipinski definition) is 6. The van der Waals surface area contributed by atoms with E-state index in [9.17, 15) is 30.0 Å². The monoisotopic (exact) mass is 436 g/mol. The number of ether oxygens (including phenoxy) is 1. The van der Waals surface area contributed by atoms with Gasteiger partial charge in [0.25, 0.3) is 0 Å². The Morgan fingerprint density at radius 3 is 2.19 bits per heavy atom. The minimum Gasteiger partial charge on any atom is -0.508 e. The summed E-state index contributed by atoms with van der Waals surface area (Å²) in [5.74, 6) is -3.82. The van der Waals surface area contributed by atoms with Crippen molar-refractivity contribution in [3.63, 3.8) is 0 Å². The van der Waals surface area contributed by atoms with Gasteiger partial charge >= 0.3 is 5.97 Å². The van der Waals surface area contributed by atoms with Crippen molar-refractivity contribution in [1.82, 2.24) is 0 Å². The lowest BCUT2D eigenvalue weighted by molar-refractivity contribution is 0.0731. The van der Waals surface area contributed by atoms with Crippen molar-refractivity contribution in [3.05, 3.63) is 64.3 Å². The van der Waals surface area contributed by atoms with Gasteiger partial charge in [-0.1, -0.05) is 0 Å². The second-order valence-corrected chi connectivity index (χ2v) is 6.91. The number of rotatable bonds is 3. The van der Waals surface area contributed by atoms with Gasteiger partial charge in [-0.25, -0.2) is 4.79 Å². The standard InChI is InChI=1S/C22H16N2O8/c23-11-3-10(4-12(24)6-11)22(30)32-21-19(29)18-16(28)7-13(25)8-17(18)31-20(21)9-1-2-14(26)15(27)5-9/h1-8,25-28H,23-24H2. The number of fused-ring (bicyclic) bond motifs is 1. The number of carbonyl (C=O) groups excluding carboxylic acids is 1. The third-order valence-corrected chi connectivity index (χ3v) is 4.56. The SMILES string of the molecule is Nc1cc(N)cc(C(=O)Oc2c(-c3ccc(O)c(O)c3)oc3cc(O)cc(O)c3c2=O)c1. The highest BCUT2D eigenvalue weighted by atomic mass is 16.5. The van der Waals surface area contributed by atoms with E-state index in [-0.39, 0.29) is 45.0 Å². The summed E-state index contributed by atoms with van der Waals surface area (Å²) >= 11 is 0. The summed E-state index contributed by atoms with van der Waals surface area (Å²) in [6.45, 7) is 0. The van der Waals surface area contributed by atoms with Gasteiger partial charge < -0.3 is 41.0 Å². The molecule has 0 bridgehead atoms. The summed E-state index contributed by atoms with van der Waals surface area (Å²) in [5, 5.41) is 39.0. The normalized spacial score (nSPS) is 10.9. The number of nitrogens with two attached hydrogens (primary N) is 2.